The molecule has 10 fully saturated rings. The van der Waals surface area contributed by atoms with E-state index in [1.807, 2.05) is 0 Å². The zero-order valence-corrected chi connectivity index (χ0v) is 60.0. The van der Waals surface area contributed by atoms with Gasteiger partial charge in [-0.25, -0.2) is 0 Å². The Morgan fingerprint density at radius 2 is 0.456 bits per heavy atom. The van der Waals surface area contributed by atoms with Crippen molar-refractivity contribution in [3.8, 4) is 0 Å². The Morgan fingerprint density at radius 3 is 0.772 bits per heavy atom. The molecule has 664 valence electrons. The largest absolute Gasteiger partial charge is 0.394 e. The number of amides is 1. The second-order valence-corrected chi connectivity index (χ2v) is 28.8. The Hall–Kier alpha value is -2.53. The lowest BCUT2D eigenvalue weighted by Crippen LogP contribution is -2.69. The first-order chi connectivity index (χ1) is 54.1. The fourth-order valence-corrected chi connectivity index (χ4v) is 14.7. The number of carbonyl (C=O) groups excluding carboxylic acids is 1. The molecule has 10 aliphatic heterocycles. The van der Waals surface area contributed by atoms with E-state index in [0.29, 0.717) is 0 Å². The molecule has 10 aliphatic rings. The van der Waals surface area contributed by atoms with E-state index in [2.05, 4.69) is 5.32 Å². The monoisotopic (exact) mass is 1680 g/mol. The number of hydrogen-bond donors (Lipinski definition) is 32. The number of carbonyl (C=O) groups is 1. The van der Waals surface area contributed by atoms with Crippen LogP contribution in [0.15, 0.2) is 0 Å². The summed E-state index contributed by atoms with van der Waals surface area (Å²) in [6.07, 6.45) is -106. The quantitative estimate of drug-likeness (QED) is 0.0331. The minimum absolute atomic E-state index is 0.865. The Labute approximate surface area is 642 Å². The average molecular weight is 1680 g/mol. The van der Waals surface area contributed by atoms with Gasteiger partial charge in [0.2, 0.25) is 5.91 Å². The van der Waals surface area contributed by atoms with Gasteiger partial charge in [0, 0.05) is 6.92 Å². The van der Waals surface area contributed by atoms with Crippen molar-refractivity contribution >= 4 is 5.91 Å². The van der Waals surface area contributed by atoms with Gasteiger partial charge in [0.05, 0.1) is 66.1 Å². The van der Waals surface area contributed by atoms with Crippen molar-refractivity contribution in [3.05, 3.63) is 0 Å². The molecular formula is C62H105NO51. The van der Waals surface area contributed by atoms with E-state index in [1.54, 1.807) is 0 Å². The Bertz CT molecular complexity index is 2920. The third-order valence-corrected chi connectivity index (χ3v) is 21.3. The maximum atomic E-state index is 12.4. The first-order valence-corrected chi connectivity index (χ1v) is 36.2. The molecule has 0 bridgehead atoms. The average Bonchev–Trinajstić information content (AvgIpc) is 0.772. The van der Waals surface area contributed by atoms with Gasteiger partial charge < -0.3 is 254 Å². The summed E-state index contributed by atoms with van der Waals surface area (Å²) in [6.45, 7) is -10.2. The molecule has 0 aromatic heterocycles. The summed E-state index contributed by atoms with van der Waals surface area (Å²) in [5.41, 5.74) is 0. The lowest BCUT2D eigenvalue weighted by atomic mass is 9.94. The molecule has 10 rings (SSSR count). The summed E-state index contributed by atoms with van der Waals surface area (Å²) >= 11 is 0. The van der Waals surface area contributed by atoms with Crippen LogP contribution in [0.25, 0.3) is 0 Å². The summed E-state index contributed by atoms with van der Waals surface area (Å²) in [7, 11) is 0. The molecule has 114 heavy (non-hydrogen) atoms. The van der Waals surface area contributed by atoms with Gasteiger partial charge in [0.25, 0.3) is 0 Å². The van der Waals surface area contributed by atoms with Crippen molar-refractivity contribution in [2.45, 2.75) is 314 Å². The molecule has 52 nitrogen and oxygen atoms in total. The first-order valence-electron chi connectivity index (χ1n) is 36.2. The highest BCUT2D eigenvalue weighted by molar-refractivity contribution is 5.73. The van der Waals surface area contributed by atoms with E-state index < -0.39 is 379 Å². The number of rotatable bonds is 29. The van der Waals surface area contributed by atoms with Crippen molar-refractivity contribution in [2.24, 2.45) is 0 Å². The predicted octanol–water partition coefficient (Wildman–Crippen LogP) is -22.7. The van der Waals surface area contributed by atoms with Gasteiger partial charge in [-0.1, -0.05) is 0 Å². The standard InChI is InChI=1S/C62H105NO51/c1-12(73)63-23-33(83)45(21(10-72)97-53(23)95)107-59-44(94)49(32(82)22(106-59)11-96-54-41(91)46(29(79)18(7-69)98-54)110-60-50(36(86)26(76)15(4-66)103-60)112-56-40(90)35(85)25(75)14(3-65)100-56)111-61-52(38(88)28(78)16(5-67)104-61)114-62-51(37(87)27(77)17(6-68)105-62)113-58-43(93)48(31(81)20(9-71)102-58)109-57-42(92)47(30(80)19(8-70)101-57)108-55-39(89)34(84)24(74)13(2-64)99-55/h13-62,64-72,74-95H,2-11H2,1H3,(H,63,73)/t13-,14-,15-,16-,17-,18-,19-,20-,21-,22-,23-,24-,25-,26-,27-,28-,29-,30-,31-,32-,33-,34+,35+,36+,37+,38+,39-,40+,41+,42-,43+,44+,45-,46+,47+,48+,49+,50+,51+,52+,53-,54+,55-,56-,57-,58-,59+,60-,61-,62-/m1/s1. The molecule has 10 heterocycles. The molecule has 0 unspecified atom stereocenters. The van der Waals surface area contributed by atoms with Gasteiger partial charge in [-0.2, -0.15) is 0 Å². The van der Waals surface area contributed by atoms with Crippen LogP contribution in [0.3, 0.4) is 0 Å². The van der Waals surface area contributed by atoms with Crippen LogP contribution in [-0.4, -0.2) is 537 Å². The fraction of sp³-hybridized carbons (Fsp3) is 0.984. The Balaban J connectivity index is 0.926. The molecular weight excluding hydrogens is 1570 g/mol. The predicted molar refractivity (Wildman–Crippen MR) is 341 cm³/mol. The minimum Gasteiger partial charge on any atom is -0.394 e. The highest BCUT2D eigenvalue weighted by atomic mass is 16.8. The Kier molecular flexibility index (Phi) is 33.4. The van der Waals surface area contributed by atoms with Crippen molar-refractivity contribution in [3.63, 3.8) is 0 Å². The van der Waals surface area contributed by atoms with E-state index in [-0.39, 0.29) is 0 Å². The van der Waals surface area contributed by atoms with Crippen LogP contribution in [0.4, 0.5) is 0 Å². The van der Waals surface area contributed by atoms with Crippen molar-refractivity contribution in [1.82, 2.24) is 5.32 Å². The van der Waals surface area contributed by atoms with E-state index >= 15 is 0 Å². The fourth-order valence-electron chi connectivity index (χ4n) is 14.7. The lowest BCUT2D eigenvalue weighted by molar-refractivity contribution is -0.412. The zero-order chi connectivity index (χ0) is 83.7. The van der Waals surface area contributed by atoms with Crippen LogP contribution in [0.1, 0.15) is 6.92 Å². The number of aliphatic hydroxyl groups is 31. The molecule has 0 aliphatic carbocycles. The molecule has 32 N–H and O–H groups in total. The SMILES string of the molecule is CC(=O)N[C@@H]1[C@@H](O)[C@H](O[C@@H]2O[C@H](CO[C@H]3O[C@H](CO)[C@@H](O)[C@H](O[C@H]4O[C@H](CO)[C@@H](O)[C@H](O)[C@@H]4O[C@H]4O[C@H](CO)[C@@H](O)[C@H](O)[C@@H]4O)[C@@H]3O)[C@@H](O)[C@H](O[C@H]3O[C@H](CO)[C@@H](O)[C@H](O)[C@@H]3O[C@H]3O[C@H](CO)[C@@H](O)[C@H](O)[C@@H]3O[C@H]3O[C@H](CO)[C@@H](O)[C@H](O[C@H]4O[C@H](CO)[C@@H](O)[C@H](O[C@H]5O[C@H](CO)[C@@H](O)[C@H](O)[C@H]5O)[C@H]4O)[C@@H]3O)[C@@H]2O)[C@@H](CO)O[C@H]1O. The van der Waals surface area contributed by atoms with E-state index in [4.69, 9.17) is 90.0 Å². The molecule has 0 spiro atoms. The van der Waals surface area contributed by atoms with Gasteiger partial charge in [0.1, 0.15) is 244 Å². The minimum atomic E-state index is -2.55. The smallest absolute Gasteiger partial charge is 0.217 e. The summed E-state index contributed by atoms with van der Waals surface area (Å²) in [4.78, 5) is 12.3. The van der Waals surface area contributed by atoms with Gasteiger partial charge in [0.15, 0.2) is 62.9 Å². The summed E-state index contributed by atoms with van der Waals surface area (Å²) in [6, 6.07) is -1.78. The second-order valence-electron chi connectivity index (χ2n) is 28.8. The Morgan fingerprint density at radius 1 is 0.228 bits per heavy atom. The van der Waals surface area contributed by atoms with Gasteiger partial charge in [-0.15, -0.1) is 0 Å². The third-order valence-electron chi connectivity index (χ3n) is 21.3. The van der Waals surface area contributed by atoms with Gasteiger partial charge in [-0.05, 0) is 0 Å². The van der Waals surface area contributed by atoms with E-state index in [9.17, 15) is 163 Å². The van der Waals surface area contributed by atoms with Crippen molar-refractivity contribution in [2.75, 3.05) is 66.1 Å². The summed E-state index contributed by atoms with van der Waals surface area (Å²) < 4.78 is 110. The van der Waals surface area contributed by atoms with Crippen molar-refractivity contribution in [1.29, 1.82) is 0 Å². The molecule has 52 heteroatoms. The van der Waals surface area contributed by atoms with Crippen LogP contribution in [0, 0.1) is 0 Å². The lowest BCUT2D eigenvalue weighted by Gasteiger charge is -2.51. The molecule has 0 saturated carbocycles. The van der Waals surface area contributed by atoms with Crippen LogP contribution >= 0.6 is 0 Å². The normalized spacial score (nSPS) is 52.6. The maximum absolute atomic E-state index is 12.4. The molecule has 1 amide bonds. The first kappa shape index (κ1) is 93.7. The second kappa shape index (κ2) is 40.6. The third kappa shape index (κ3) is 19.6. The highest BCUT2D eigenvalue weighted by Crippen LogP contribution is 2.41. The number of aliphatic hydroxyl groups excluding tert-OH is 31. The van der Waals surface area contributed by atoms with Crippen molar-refractivity contribution < 1.29 is 253 Å². The number of nitrogens with one attached hydrogen (secondary N) is 1. The molecule has 10 saturated heterocycles. The van der Waals surface area contributed by atoms with Gasteiger partial charge >= 0.3 is 0 Å². The topological polar surface area (TPSA) is 832 Å². The molecule has 0 radical (unpaired) electrons. The van der Waals surface area contributed by atoms with Crippen LogP contribution in [0.2, 0.25) is 0 Å². The van der Waals surface area contributed by atoms with Crippen LogP contribution in [-0.2, 0) is 94.8 Å². The van der Waals surface area contributed by atoms with E-state index in [1.165, 1.54) is 0 Å². The molecule has 50 atom stereocenters. The summed E-state index contributed by atoms with van der Waals surface area (Å²) in [5.74, 6) is -0.865. The van der Waals surface area contributed by atoms with Crippen LogP contribution in [0.5, 0.6) is 0 Å². The van der Waals surface area contributed by atoms with E-state index in [0.717, 1.165) is 6.92 Å². The summed E-state index contributed by atoms with van der Waals surface area (Å²) in [5, 5.41) is 344. The molecule has 0 aromatic carbocycles. The number of hydrogen-bond acceptors (Lipinski definition) is 51. The van der Waals surface area contributed by atoms with Crippen LogP contribution < -0.4 is 5.32 Å². The maximum Gasteiger partial charge on any atom is 0.217 e. The molecule has 0 aromatic rings. The highest BCUT2D eigenvalue weighted by Gasteiger charge is 2.62. The number of ether oxygens (including phenoxy) is 19. The zero-order valence-electron chi connectivity index (χ0n) is 60.0. The van der Waals surface area contributed by atoms with Gasteiger partial charge in [-0.3, -0.25) is 4.79 Å².